The lowest BCUT2D eigenvalue weighted by Crippen LogP contribution is -2.36. The fourth-order valence-corrected chi connectivity index (χ4v) is 0.920. The van der Waals surface area contributed by atoms with Gasteiger partial charge in [0, 0.05) is 13.1 Å². The van der Waals surface area contributed by atoms with Crippen LogP contribution in [0.25, 0.3) is 0 Å². The fourth-order valence-electron chi connectivity index (χ4n) is 0.920. The minimum atomic E-state index is 0.677. The summed E-state index contributed by atoms with van der Waals surface area (Å²) in [6.45, 7) is 6.01. The Morgan fingerprint density at radius 3 is 2.82 bits per heavy atom. The average molecular weight is 157 g/mol. The van der Waals surface area contributed by atoms with Crippen LogP contribution in [0.1, 0.15) is 6.92 Å². The van der Waals surface area contributed by atoms with Gasteiger partial charge in [-0.1, -0.05) is 12.2 Å². The summed E-state index contributed by atoms with van der Waals surface area (Å²) < 4.78 is 5.17. The van der Waals surface area contributed by atoms with Gasteiger partial charge in [0.25, 0.3) is 0 Å². The van der Waals surface area contributed by atoms with Gasteiger partial charge in [0.15, 0.2) is 0 Å². The van der Waals surface area contributed by atoms with Gasteiger partial charge in [-0.2, -0.15) is 5.06 Å². The van der Waals surface area contributed by atoms with Crippen molar-refractivity contribution in [1.82, 2.24) is 5.06 Å². The molecule has 1 heterocycles. The Morgan fingerprint density at radius 1 is 1.45 bits per heavy atom. The van der Waals surface area contributed by atoms with Crippen molar-refractivity contribution in [3.8, 4) is 0 Å². The topological polar surface area (TPSA) is 21.7 Å². The first-order valence-electron chi connectivity index (χ1n) is 4.00. The van der Waals surface area contributed by atoms with Crippen LogP contribution in [-0.4, -0.2) is 38.0 Å². The van der Waals surface area contributed by atoms with Crippen molar-refractivity contribution in [3.05, 3.63) is 12.2 Å². The van der Waals surface area contributed by atoms with Gasteiger partial charge in [-0.3, -0.25) is 4.84 Å². The van der Waals surface area contributed by atoms with Crippen LogP contribution >= 0.6 is 0 Å². The van der Waals surface area contributed by atoms with E-state index in [0.717, 1.165) is 26.3 Å². The number of nitrogens with zero attached hydrogens (tertiary/aromatic N) is 1. The zero-order valence-corrected chi connectivity index (χ0v) is 6.95. The molecule has 0 amide bonds. The van der Waals surface area contributed by atoms with E-state index in [2.05, 4.69) is 0 Å². The highest BCUT2D eigenvalue weighted by Gasteiger charge is 2.08. The molecular formula is C8H15NO2. The molecule has 0 saturated carbocycles. The maximum absolute atomic E-state index is 5.39. The van der Waals surface area contributed by atoms with Gasteiger partial charge in [0.05, 0.1) is 19.8 Å². The Kier molecular flexibility index (Phi) is 4.19. The van der Waals surface area contributed by atoms with Crippen molar-refractivity contribution in [1.29, 1.82) is 0 Å². The summed E-state index contributed by atoms with van der Waals surface area (Å²) in [4.78, 5) is 5.39. The predicted octanol–water partition coefficient (Wildman–Crippen LogP) is 0.826. The minimum absolute atomic E-state index is 0.677. The lowest BCUT2D eigenvalue weighted by atomic mass is 10.5. The molecule has 1 fully saturated rings. The van der Waals surface area contributed by atoms with E-state index in [1.165, 1.54) is 0 Å². The molecule has 0 aromatic heterocycles. The van der Waals surface area contributed by atoms with Crippen LogP contribution in [0, 0.1) is 0 Å². The van der Waals surface area contributed by atoms with E-state index in [1.54, 1.807) is 0 Å². The molecule has 0 N–H and O–H groups in total. The Balaban J connectivity index is 2.04. The number of hydrogen-bond acceptors (Lipinski definition) is 3. The van der Waals surface area contributed by atoms with Crippen molar-refractivity contribution in [2.75, 3.05) is 32.9 Å². The molecule has 0 bridgehead atoms. The molecular weight excluding hydrogens is 142 g/mol. The molecule has 0 atom stereocenters. The molecule has 3 heteroatoms. The zero-order valence-electron chi connectivity index (χ0n) is 6.95. The summed E-state index contributed by atoms with van der Waals surface area (Å²) in [5, 5.41) is 1.95. The largest absolute Gasteiger partial charge is 0.379 e. The number of ether oxygens (including phenoxy) is 1. The molecule has 1 aliphatic rings. The van der Waals surface area contributed by atoms with Gasteiger partial charge in [-0.25, -0.2) is 0 Å². The molecule has 0 aromatic carbocycles. The molecule has 64 valence electrons. The standard InChI is InChI=1S/C8H15NO2/c1-2-3-6-11-9-4-7-10-8-5-9/h2-3H,4-8H2,1H3/b3-2+. The summed E-state index contributed by atoms with van der Waals surface area (Å²) in [5.74, 6) is 0. The SMILES string of the molecule is C/C=C/CON1CCOCC1. The number of allylic oxidation sites excluding steroid dienone is 1. The van der Waals surface area contributed by atoms with Crippen LogP contribution in [0.4, 0.5) is 0 Å². The van der Waals surface area contributed by atoms with Crippen LogP contribution in [0.15, 0.2) is 12.2 Å². The molecule has 0 spiro atoms. The van der Waals surface area contributed by atoms with E-state index < -0.39 is 0 Å². The fraction of sp³-hybridized carbons (Fsp3) is 0.750. The van der Waals surface area contributed by atoms with E-state index in [1.807, 2.05) is 24.1 Å². The van der Waals surface area contributed by atoms with Gasteiger partial charge in [-0.05, 0) is 6.92 Å². The van der Waals surface area contributed by atoms with Crippen LogP contribution in [-0.2, 0) is 9.57 Å². The highest BCUT2D eigenvalue weighted by atomic mass is 16.7. The molecule has 0 aliphatic carbocycles. The number of rotatable bonds is 3. The van der Waals surface area contributed by atoms with Gasteiger partial charge in [0.1, 0.15) is 0 Å². The molecule has 1 rings (SSSR count). The third-order valence-corrected chi connectivity index (χ3v) is 1.56. The highest BCUT2D eigenvalue weighted by Crippen LogP contribution is 1.96. The first-order chi connectivity index (χ1) is 5.43. The van der Waals surface area contributed by atoms with Gasteiger partial charge in [0.2, 0.25) is 0 Å². The summed E-state index contributed by atoms with van der Waals surface area (Å²) >= 11 is 0. The maximum atomic E-state index is 5.39. The van der Waals surface area contributed by atoms with Crippen molar-refractivity contribution in [3.63, 3.8) is 0 Å². The van der Waals surface area contributed by atoms with Crippen molar-refractivity contribution in [2.24, 2.45) is 0 Å². The normalized spacial score (nSPS) is 21.2. The summed E-state index contributed by atoms with van der Waals surface area (Å²) in [7, 11) is 0. The third kappa shape index (κ3) is 3.51. The molecule has 0 radical (unpaired) electrons. The molecule has 3 nitrogen and oxygen atoms in total. The van der Waals surface area contributed by atoms with E-state index in [9.17, 15) is 0 Å². The van der Waals surface area contributed by atoms with Gasteiger partial charge in [-0.15, -0.1) is 0 Å². The Labute approximate surface area is 67.5 Å². The minimum Gasteiger partial charge on any atom is -0.379 e. The van der Waals surface area contributed by atoms with E-state index >= 15 is 0 Å². The number of morpholine rings is 1. The second-order valence-corrected chi connectivity index (χ2v) is 2.41. The molecule has 0 unspecified atom stereocenters. The highest BCUT2D eigenvalue weighted by molar-refractivity contribution is 4.75. The summed E-state index contributed by atoms with van der Waals surface area (Å²) in [6, 6.07) is 0. The van der Waals surface area contributed by atoms with Crippen molar-refractivity contribution < 1.29 is 9.57 Å². The quantitative estimate of drug-likeness (QED) is 0.566. The molecule has 0 aromatic rings. The predicted molar refractivity (Wildman–Crippen MR) is 43.2 cm³/mol. The lowest BCUT2D eigenvalue weighted by Gasteiger charge is -2.25. The van der Waals surface area contributed by atoms with E-state index in [-0.39, 0.29) is 0 Å². The maximum Gasteiger partial charge on any atom is 0.0866 e. The summed E-state index contributed by atoms with van der Waals surface area (Å²) in [6.07, 6.45) is 3.98. The zero-order chi connectivity index (χ0) is 7.94. The smallest absolute Gasteiger partial charge is 0.0866 e. The molecule has 1 aliphatic heterocycles. The van der Waals surface area contributed by atoms with Crippen LogP contribution in [0.2, 0.25) is 0 Å². The number of hydrogen-bond donors (Lipinski definition) is 0. The second-order valence-electron chi connectivity index (χ2n) is 2.41. The lowest BCUT2D eigenvalue weighted by molar-refractivity contribution is -0.185. The van der Waals surface area contributed by atoms with Gasteiger partial charge >= 0.3 is 0 Å². The Hall–Kier alpha value is -0.380. The monoisotopic (exact) mass is 157 g/mol. The second kappa shape index (κ2) is 5.29. The third-order valence-electron chi connectivity index (χ3n) is 1.56. The Bertz CT molecular complexity index is 119. The average Bonchev–Trinajstić information content (AvgIpc) is 2.07. The Morgan fingerprint density at radius 2 is 2.18 bits per heavy atom. The number of hydroxylamine groups is 2. The first-order valence-corrected chi connectivity index (χ1v) is 4.00. The van der Waals surface area contributed by atoms with Gasteiger partial charge < -0.3 is 4.74 Å². The summed E-state index contributed by atoms with van der Waals surface area (Å²) in [5.41, 5.74) is 0. The van der Waals surface area contributed by atoms with Crippen LogP contribution in [0.5, 0.6) is 0 Å². The van der Waals surface area contributed by atoms with E-state index in [4.69, 9.17) is 9.57 Å². The van der Waals surface area contributed by atoms with Crippen molar-refractivity contribution in [2.45, 2.75) is 6.92 Å². The molecule has 11 heavy (non-hydrogen) atoms. The van der Waals surface area contributed by atoms with Crippen molar-refractivity contribution >= 4 is 0 Å². The van der Waals surface area contributed by atoms with Crippen LogP contribution in [0.3, 0.4) is 0 Å². The van der Waals surface area contributed by atoms with Crippen LogP contribution < -0.4 is 0 Å². The molecule has 1 saturated heterocycles. The van der Waals surface area contributed by atoms with E-state index in [0.29, 0.717) is 6.61 Å². The first kappa shape index (κ1) is 8.71.